The van der Waals surface area contributed by atoms with Gasteiger partial charge in [-0.25, -0.2) is 8.42 Å². The van der Waals surface area contributed by atoms with Crippen molar-refractivity contribution < 1.29 is 17.9 Å². The van der Waals surface area contributed by atoms with E-state index in [4.69, 9.17) is 4.74 Å². The topological polar surface area (TPSA) is 109 Å². The average Bonchev–Trinajstić information content (AvgIpc) is 2.46. The summed E-state index contributed by atoms with van der Waals surface area (Å²) >= 11 is 0. The molecule has 128 valence electrons. The molecular formula is C14H21N3O5S. The highest BCUT2D eigenvalue weighted by atomic mass is 32.2. The molecule has 9 heteroatoms. The Bertz CT molecular complexity index is 705. The number of nitrogens with zero attached hydrogens (tertiary/aromatic N) is 1. The third kappa shape index (κ3) is 4.63. The van der Waals surface area contributed by atoms with Crippen LogP contribution in [0.5, 0.6) is 0 Å². The summed E-state index contributed by atoms with van der Waals surface area (Å²) in [5.74, 6) is -0.811. The molecule has 0 bridgehead atoms. The summed E-state index contributed by atoms with van der Waals surface area (Å²) in [5.41, 5.74) is -0.554. The van der Waals surface area contributed by atoms with Crippen LogP contribution in [0.4, 0.5) is 0 Å². The number of nitrogens with one attached hydrogen (secondary N) is 2. The Morgan fingerprint density at radius 2 is 2.04 bits per heavy atom. The van der Waals surface area contributed by atoms with Crippen molar-refractivity contribution in [1.29, 1.82) is 0 Å². The van der Waals surface area contributed by atoms with E-state index in [1.807, 2.05) is 13.8 Å². The maximum atomic E-state index is 12.3. The molecule has 1 saturated heterocycles. The van der Waals surface area contributed by atoms with Gasteiger partial charge in [-0.3, -0.25) is 9.59 Å². The van der Waals surface area contributed by atoms with Crippen LogP contribution in [0.25, 0.3) is 0 Å². The van der Waals surface area contributed by atoms with Gasteiger partial charge in [-0.2, -0.15) is 4.31 Å². The third-order valence-corrected chi connectivity index (χ3v) is 5.29. The van der Waals surface area contributed by atoms with Gasteiger partial charge in [-0.15, -0.1) is 0 Å². The highest BCUT2D eigenvalue weighted by molar-refractivity contribution is 7.89. The van der Waals surface area contributed by atoms with Crippen molar-refractivity contribution in [1.82, 2.24) is 14.6 Å². The molecule has 2 rings (SSSR count). The van der Waals surface area contributed by atoms with E-state index >= 15 is 0 Å². The molecule has 1 aliphatic heterocycles. The molecule has 1 aromatic heterocycles. The molecule has 2 heterocycles. The van der Waals surface area contributed by atoms with Crippen molar-refractivity contribution in [2.24, 2.45) is 0 Å². The summed E-state index contributed by atoms with van der Waals surface area (Å²) < 4.78 is 31.5. The predicted molar refractivity (Wildman–Crippen MR) is 84.8 cm³/mol. The maximum Gasteiger partial charge on any atom is 0.260 e. The zero-order valence-electron chi connectivity index (χ0n) is 13.1. The average molecular weight is 343 g/mol. The molecule has 8 nitrogen and oxygen atoms in total. The van der Waals surface area contributed by atoms with Gasteiger partial charge in [0.25, 0.3) is 11.5 Å². The monoisotopic (exact) mass is 343 g/mol. The van der Waals surface area contributed by atoms with Gasteiger partial charge in [0.1, 0.15) is 5.56 Å². The molecule has 2 unspecified atom stereocenters. The molecule has 2 N–H and O–H groups in total. The first-order chi connectivity index (χ1) is 10.8. The number of carbonyl (C=O) groups is 1. The normalized spacial score (nSPS) is 22.7. The quantitative estimate of drug-likeness (QED) is 0.752. The Balaban J connectivity index is 1.91. The molecule has 0 aromatic carbocycles. The standard InChI is InChI=1S/C14H21N3O5S/c1-10-8-17(9-11(2)22-10)23(20,21)7-6-16-14(19)12-4-3-5-15-13(12)18/h3-5,10-11H,6-9H2,1-2H3,(H,15,18)(H,16,19). The molecule has 1 aliphatic rings. The second-order valence-electron chi connectivity index (χ2n) is 5.56. The molecule has 2 atom stereocenters. The Labute approximate surface area is 134 Å². The van der Waals surface area contributed by atoms with Crippen LogP contribution in [0.2, 0.25) is 0 Å². The van der Waals surface area contributed by atoms with Gasteiger partial charge in [0, 0.05) is 25.8 Å². The molecule has 0 saturated carbocycles. The number of amides is 1. The highest BCUT2D eigenvalue weighted by Gasteiger charge is 2.30. The van der Waals surface area contributed by atoms with Gasteiger partial charge in [-0.1, -0.05) is 0 Å². The van der Waals surface area contributed by atoms with Crippen LogP contribution in [0.1, 0.15) is 24.2 Å². The third-order valence-electron chi connectivity index (χ3n) is 3.49. The van der Waals surface area contributed by atoms with Crippen LogP contribution in [0.15, 0.2) is 23.1 Å². The van der Waals surface area contributed by atoms with Crippen LogP contribution in [0, 0.1) is 0 Å². The van der Waals surface area contributed by atoms with Gasteiger partial charge >= 0.3 is 0 Å². The number of aromatic amines is 1. The zero-order valence-corrected chi connectivity index (χ0v) is 13.9. The van der Waals surface area contributed by atoms with E-state index in [9.17, 15) is 18.0 Å². The van der Waals surface area contributed by atoms with E-state index in [1.54, 1.807) is 0 Å². The van der Waals surface area contributed by atoms with E-state index in [2.05, 4.69) is 10.3 Å². The molecule has 0 aliphatic carbocycles. The summed E-state index contributed by atoms with van der Waals surface area (Å²) in [7, 11) is -3.48. The van der Waals surface area contributed by atoms with Crippen LogP contribution in [0.3, 0.4) is 0 Å². The summed E-state index contributed by atoms with van der Waals surface area (Å²) in [4.78, 5) is 25.7. The number of aromatic nitrogens is 1. The highest BCUT2D eigenvalue weighted by Crippen LogP contribution is 2.14. The van der Waals surface area contributed by atoms with Crippen molar-refractivity contribution in [3.05, 3.63) is 34.2 Å². The first kappa shape index (κ1) is 17.6. The van der Waals surface area contributed by atoms with Crippen molar-refractivity contribution in [2.45, 2.75) is 26.1 Å². The lowest BCUT2D eigenvalue weighted by atomic mass is 10.2. The van der Waals surface area contributed by atoms with E-state index in [-0.39, 0.29) is 30.1 Å². The number of sulfonamides is 1. The van der Waals surface area contributed by atoms with E-state index < -0.39 is 21.5 Å². The molecule has 0 radical (unpaired) electrons. The van der Waals surface area contributed by atoms with Gasteiger partial charge in [0.15, 0.2) is 0 Å². The van der Waals surface area contributed by atoms with E-state index in [0.717, 1.165) is 0 Å². The number of pyridine rings is 1. The van der Waals surface area contributed by atoms with Crippen LogP contribution >= 0.6 is 0 Å². The van der Waals surface area contributed by atoms with Crippen LogP contribution in [-0.2, 0) is 14.8 Å². The minimum absolute atomic E-state index is 0.0430. The van der Waals surface area contributed by atoms with Gasteiger partial charge in [-0.05, 0) is 26.0 Å². The van der Waals surface area contributed by atoms with Crippen molar-refractivity contribution in [2.75, 3.05) is 25.4 Å². The van der Waals surface area contributed by atoms with Gasteiger partial charge < -0.3 is 15.0 Å². The summed E-state index contributed by atoms with van der Waals surface area (Å²) in [6.45, 7) is 4.19. The molecular weight excluding hydrogens is 322 g/mol. The fraction of sp³-hybridized carbons (Fsp3) is 0.571. The van der Waals surface area contributed by atoms with Gasteiger partial charge in [0.2, 0.25) is 10.0 Å². The predicted octanol–water partition coefficient (Wildman–Crippen LogP) is -0.456. The number of H-pyrrole nitrogens is 1. The van der Waals surface area contributed by atoms with E-state index in [0.29, 0.717) is 13.1 Å². The first-order valence-electron chi connectivity index (χ1n) is 7.39. The number of ether oxygens (including phenoxy) is 1. The summed E-state index contributed by atoms with van der Waals surface area (Å²) in [5, 5.41) is 2.46. The number of hydrogen-bond donors (Lipinski definition) is 2. The van der Waals surface area contributed by atoms with Gasteiger partial charge in [0.05, 0.1) is 18.0 Å². The second kappa shape index (κ2) is 7.24. The van der Waals surface area contributed by atoms with E-state index in [1.165, 1.54) is 22.6 Å². The zero-order chi connectivity index (χ0) is 17.0. The molecule has 1 fully saturated rings. The van der Waals surface area contributed by atoms with Crippen LogP contribution in [-0.4, -0.2) is 61.2 Å². The maximum absolute atomic E-state index is 12.3. The Kier molecular flexibility index (Phi) is 5.55. The fourth-order valence-corrected chi connectivity index (χ4v) is 3.97. The number of hydrogen-bond acceptors (Lipinski definition) is 5. The first-order valence-corrected chi connectivity index (χ1v) is 8.99. The molecule has 1 aromatic rings. The minimum Gasteiger partial charge on any atom is -0.373 e. The summed E-state index contributed by atoms with van der Waals surface area (Å²) in [6, 6.07) is 2.91. The SMILES string of the molecule is CC1CN(S(=O)(=O)CCNC(=O)c2ccc[nH]c2=O)CC(C)O1. The molecule has 23 heavy (non-hydrogen) atoms. The largest absolute Gasteiger partial charge is 0.373 e. The van der Waals surface area contributed by atoms with Crippen LogP contribution < -0.4 is 10.9 Å². The van der Waals surface area contributed by atoms with Crippen molar-refractivity contribution in [3.8, 4) is 0 Å². The second-order valence-corrected chi connectivity index (χ2v) is 7.65. The Morgan fingerprint density at radius 1 is 1.39 bits per heavy atom. The lowest BCUT2D eigenvalue weighted by Crippen LogP contribution is -2.49. The Hall–Kier alpha value is -1.71. The minimum atomic E-state index is -3.48. The lowest BCUT2D eigenvalue weighted by molar-refractivity contribution is -0.0440. The smallest absolute Gasteiger partial charge is 0.260 e. The Morgan fingerprint density at radius 3 is 2.65 bits per heavy atom. The summed E-state index contributed by atoms with van der Waals surface area (Å²) in [6.07, 6.45) is 1.10. The molecule has 1 amide bonds. The molecule has 0 spiro atoms. The lowest BCUT2D eigenvalue weighted by Gasteiger charge is -2.34. The fourth-order valence-electron chi connectivity index (χ4n) is 2.48. The number of morpholine rings is 1. The number of rotatable bonds is 5. The number of carbonyl (C=O) groups excluding carboxylic acids is 1. The van der Waals surface area contributed by atoms with Crippen molar-refractivity contribution >= 4 is 15.9 Å². The van der Waals surface area contributed by atoms with Crippen molar-refractivity contribution in [3.63, 3.8) is 0 Å².